The number of hydrogen-bond acceptors (Lipinski definition) is 3. The summed E-state index contributed by atoms with van der Waals surface area (Å²) in [5.74, 6) is 5.87. The zero-order valence-electron chi connectivity index (χ0n) is 8.04. The van der Waals surface area contributed by atoms with Gasteiger partial charge in [0.25, 0.3) is 0 Å². The van der Waals surface area contributed by atoms with Crippen LogP contribution >= 0.6 is 0 Å². The molecule has 14 heavy (non-hydrogen) atoms. The van der Waals surface area contributed by atoms with Crippen LogP contribution in [0.1, 0.15) is 17.7 Å². The van der Waals surface area contributed by atoms with Crippen molar-refractivity contribution in [2.45, 2.75) is 6.42 Å². The van der Waals surface area contributed by atoms with Crippen LogP contribution in [0, 0.1) is 23.2 Å². The summed E-state index contributed by atoms with van der Waals surface area (Å²) in [5.41, 5.74) is 1.25. The lowest BCUT2D eigenvalue weighted by atomic mass is 10.2. The third-order valence-electron chi connectivity index (χ3n) is 1.61. The average Bonchev–Trinajstić information content (AvgIpc) is 2.25. The van der Waals surface area contributed by atoms with E-state index in [2.05, 4.69) is 22.1 Å². The Morgan fingerprint density at radius 2 is 2.43 bits per heavy atom. The average molecular weight is 185 g/mol. The minimum absolute atomic E-state index is 0.595. The van der Waals surface area contributed by atoms with Crippen molar-refractivity contribution in [3.05, 3.63) is 29.6 Å². The van der Waals surface area contributed by atoms with E-state index in [1.54, 1.807) is 18.3 Å². The van der Waals surface area contributed by atoms with E-state index >= 15 is 0 Å². The molecule has 0 spiro atoms. The molecule has 0 aliphatic heterocycles. The zero-order valence-corrected chi connectivity index (χ0v) is 8.04. The number of nitrogens with one attached hydrogen (secondary N) is 1. The second-order valence-electron chi connectivity index (χ2n) is 2.70. The van der Waals surface area contributed by atoms with Gasteiger partial charge in [0.1, 0.15) is 5.69 Å². The molecule has 3 nitrogen and oxygen atoms in total. The quantitative estimate of drug-likeness (QED) is 0.550. The van der Waals surface area contributed by atoms with Crippen LogP contribution < -0.4 is 5.32 Å². The van der Waals surface area contributed by atoms with E-state index in [0.717, 1.165) is 13.0 Å². The molecule has 1 aromatic rings. The summed E-state index contributed by atoms with van der Waals surface area (Å²) >= 11 is 0. The van der Waals surface area contributed by atoms with Crippen molar-refractivity contribution in [1.29, 1.82) is 5.26 Å². The van der Waals surface area contributed by atoms with Crippen molar-refractivity contribution in [2.24, 2.45) is 0 Å². The lowest BCUT2D eigenvalue weighted by Crippen LogP contribution is -2.05. The highest BCUT2D eigenvalue weighted by Crippen LogP contribution is 1.97. The van der Waals surface area contributed by atoms with Gasteiger partial charge in [0.05, 0.1) is 11.6 Å². The highest BCUT2D eigenvalue weighted by molar-refractivity contribution is 5.36. The van der Waals surface area contributed by atoms with E-state index in [1.807, 2.05) is 13.1 Å². The highest BCUT2D eigenvalue weighted by Gasteiger charge is 1.91. The summed E-state index contributed by atoms with van der Waals surface area (Å²) in [6.07, 6.45) is 2.38. The summed E-state index contributed by atoms with van der Waals surface area (Å²) in [6, 6.07) is 5.40. The number of rotatable bonds is 2. The number of hydrogen-bond donors (Lipinski definition) is 1. The SMILES string of the molecule is CNCCC#Cc1cc(C#N)ccn1. The molecule has 0 fully saturated rings. The molecule has 3 heteroatoms. The largest absolute Gasteiger partial charge is 0.319 e. The third-order valence-corrected chi connectivity index (χ3v) is 1.61. The maximum Gasteiger partial charge on any atom is 0.114 e. The fraction of sp³-hybridized carbons (Fsp3) is 0.273. The normalized spacial score (nSPS) is 8.57. The molecule has 0 amide bonds. The number of nitrogens with zero attached hydrogens (tertiary/aromatic N) is 2. The first-order valence-electron chi connectivity index (χ1n) is 4.36. The molecule has 0 saturated carbocycles. The van der Waals surface area contributed by atoms with Crippen LogP contribution in [0.2, 0.25) is 0 Å². The van der Waals surface area contributed by atoms with Gasteiger partial charge in [-0.05, 0) is 25.1 Å². The van der Waals surface area contributed by atoms with Crippen molar-refractivity contribution < 1.29 is 0 Å². The fourth-order valence-electron chi connectivity index (χ4n) is 0.909. The molecule has 0 radical (unpaired) electrons. The van der Waals surface area contributed by atoms with Crippen LogP contribution in [-0.2, 0) is 0 Å². The summed E-state index contributed by atoms with van der Waals surface area (Å²) in [4.78, 5) is 4.04. The molecular formula is C11H11N3. The number of pyridine rings is 1. The molecule has 1 aromatic heterocycles. The first kappa shape index (κ1) is 10.2. The van der Waals surface area contributed by atoms with Gasteiger partial charge >= 0.3 is 0 Å². The van der Waals surface area contributed by atoms with Gasteiger partial charge in [0, 0.05) is 19.2 Å². The molecule has 1 rings (SSSR count). The lowest BCUT2D eigenvalue weighted by molar-refractivity contribution is 0.818. The van der Waals surface area contributed by atoms with Crippen molar-refractivity contribution in [1.82, 2.24) is 10.3 Å². The lowest BCUT2D eigenvalue weighted by Gasteiger charge is -1.90. The van der Waals surface area contributed by atoms with E-state index in [-0.39, 0.29) is 0 Å². The molecule has 0 atom stereocenters. The Labute approximate surface area is 83.8 Å². The maximum absolute atomic E-state index is 8.64. The van der Waals surface area contributed by atoms with Gasteiger partial charge in [-0.1, -0.05) is 5.92 Å². The second-order valence-corrected chi connectivity index (χ2v) is 2.70. The van der Waals surface area contributed by atoms with Gasteiger partial charge in [-0.2, -0.15) is 5.26 Å². The van der Waals surface area contributed by atoms with E-state index in [4.69, 9.17) is 5.26 Å². The molecule has 0 saturated heterocycles. The monoisotopic (exact) mass is 185 g/mol. The van der Waals surface area contributed by atoms with Gasteiger partial charge < -0.3 is 5.32 Å². The van der Waals surface area contributed by atoms with E-state index in [9.17, 15) is 0 Å². The maximum atomic E-state index is 8.64. The molecular weight excluding hydrogens is 174 g/mol. The summed E-state index contributed by atoms with van der Waals surface area (Å²) < 4.78 is 0. The number of nitriles is 1. The Hall–Kier alpha value is -1.84. The van der Waals surface area contributed by atoms with Crippen LogP contribution in [0.3, 0.4) is 0 Å². The van der Waals surface area contributed by atoms with Crippen LogP contribution in [0.5, 0.6) is 0 Å². The van der Waals surface area contributed by atoms with Crippen LogP contribution in [0.15, 0.2) is 18.3 Å². The van der Waals surface area contributed by atoms with Crippen molar-refractivity contribution in [3.8, 4) is 17.9 Å². The van der Waals surface area contributed by atoms with E-state index in [0.29, 0.717) is 11.3 Å². The molecule has 0 bridgehead atoms. The molecule has 0 aliphatic rings. The molecule has 0 aliphatic carbocycles. The minimum Gasteiger partial charge on any atom is -0.319 e. The van der Waals surface area contributed by atoms with Gasteiger partial charge in [0.15, 0.2) is 0 Å². The molecule has 1 heterocycles. The van der Waals surface area contributed by atoms with Crippen molar-refractivity contribution in [3.63, 3.8) is 0 Å². The standard InChI is InChI=1S/C11H11N3/c1-13-6-3-2-4-11-8-10(9-12)5-7-14-11/h5,7-8,13H,3,6H2,1H3. The van der Waals surface area contributed by atoms with E-state index < -0.39 is 0 Å². The Kier molecular flexibility index (Phi) is 4.20. The smallest absolute Gasteiger partial charge is 0.114 e. The van der Waals surface area contributed by atoms with Gasteiger partial charge in [-0.25, -0.2) is 4.98 Å². The Balaban J connectivity index is 2.66. The van der Waals surface area contributed by atoms with Gasteiger partial charge in [0.2, 0.25) is 0 Å². The summed E-state index contributed by atoms with van der Waals surface area (Å²) in [7, 11) is 1.89. The zero-order chi connectivity index (χ0) is 10.2. The minimum atomic E-state index is 0.595. The topological polar surface area (TPSA) is 48.7 Å². The summed E-state index contributed by atoms with van der Waals surface area (Å²) in [5, 5.41) is 11.6. The Bertz CT molecular complexity index is 393. The summed E-state index contributed by atoms with van der Waals surface area (Å²) in [6.45, 7) is 0.866. The van der Waals surface area contributed by atoms with Crippen molar-refractivity contribution >= 4 is 0 Å². The highest BCUT2D eigenvalue weighted by atomic mass is 14.8. The second kappa shape index (κ2) is 5.75. The van der Waals surface area contributed by atoms with Crippen LogP contribution in [0.4, 0.5) is 0 Å². The molecule has 0 unspecified atom stereocenters. The molecule has 1 N–H and O–H groups in total. The first-order chi connectivity index (χ1) is 6.86. The predicted octanol–water partition coefficient (Wildman–Crippen LogP) is 0.914. The van der Waals surface area contributed by atoms with Gasteiger partial charge in [-0.15, -0.1) is 0 Å². The third kappa shape index (κ3) is 3.26. The fourth-order valence-corrected chi connectivity index (χ4v) is 0.909. The predicted molar refractivity (Wildman–Crippen MR) is 54.4 cm³/mol. The van der Waals surface area contributed by atoms with Crippen molar-refractivity contribution in [2.75, 3.05) is 13.6 Å². The Morgan fingerprint density at radius 3 is 3.14 bits per heavy atom. The number of aromatic nitrogens is 1. The molecule has 0 aromatic carbocycles. The van der Waals surface area contributed by atoms with Gasteiger partial charge in [-0.3, -0.25) is 0 Å². The van der Waals surface area contributed by atoms with Crippen LogP contribution in [-0.4, -0.2) is 18.6 Å². The van der Waals surface area contributed by atoms with E-state index in [1.165, 1.54) is 0 Å². The Morgan fingerprint density at radius 1 is 1.57 bits per heavy atom. The molecule has 70 valence electrons. The first-order valence-corrected chi connectivity index (χ1v) is 4.36. The van der Waals surface area contributed by atoms with Crippen LogP contribution in [0.25, 0.3) is 0 Å².